The molecule has 0 bridgehead atoms. The fourth-order valence-electron chi connectivity index (χ4n) is 1.72. The maximum Gasteiger partial charge on any atom is 0.146 e. The third-order valence-corrected chi connectivity index (χ3v) is 3.32. The van der Waals surface area contributed by atoms with E-state index < -0.39 is 5.92 Å². The van der Waals surface area contributed by atoms with Gasteiger partial charge in [0.1, 0.15) is 11.6 Å². The molecule has 2 nitrogen and oxygen atoms in total. The summed E-state index contributed by atoms with van der Waals surface area (Å²) < 4.78 is 0. The Bertz CT molecular complexity index is 298. The highest BCUT2D eigenvalue weighted by Crippen LogP contribution is 2.17. The van der Waals surface area contributed by atoms with Crippen LogP contribution in [0, 0.1) is 17.8 Å². The van der Waals surface area contributed by atoms with Crippen LogP contribution in [-0.2, 0) is 9.59 Å². The predicted molar refractivity (Wildman–Crippen MR) is 71.8 cm³/mol. The van der Waals surface area contributed by atoms with Crippen molar-refractivity contribution in [3.8, 4) is 0 Å². The molecule has 0 N–H and O–H groups in total. The number of carbonyl (C=O) groups is 2. The topological polar surface area (TPSA) is 34.1 Å². The number of rotatable bonds is 7. The van der Waals surface area contributed by atoms with Crippen LogP contribution in [0.4, 0.5) is 0 Å². The summed E-state index contributed by atoms with van der Waals surface area (Å²) in [6.07, 6.45) is 3.60. The van der Waals surface area contributed by atoms with E-state index in [1.165, 1.54) is 5.57 Å². The molecule has 0 aliphatic heterocycles. The molecule has 0 aliphatic carbocycles. The Morgan fingerprint density at radius 3 is 1.88 bits per heavy atom. The van der Waals surface area contributed by atoms with Gasteiger partial charge >= 0.3 is 0 Å². The molecule has 0 heterocycles. The molecule has 0 aromatic rings. The third-order valence-electron chi connectivity index (χ3n) is 3.32. The second-order valence-electron chi connectivity index (χ2n) is 5.25. The van der Waals surface area contributed by atoms with E-state index in [2.05, 4.69) is 6.08 Å². The van der Waals surface area contributed by atoms with E-state index in [0.717, 1.165) is 12.8 Å². The Morgan fingerprint density at radius 2 is 1.47 bits per heavy atom. The predicted octanol–water partition coefficient (Wildman–Crippen LogP) is 3.80. The van der Waals surface area contributed by atoms with Crippen LogP contribution >= 0.6 is 0 Å². The minimum absolute atomic E-state index is 0.00963. The van der Waals surface area contributed by atoms with E-state index in [1.54, 1.807) is 6.92 Å². The summed E-state index contributed by atoms with van der Waals surface area (Å²) in [5, 5.41) is 0. The Labute approximate surface area is 105 Å². The summed E-state index contributed by atoms with van der Waals surface area (Å²) in [6.45, 7) is 11.6. The molecule has 0 rings (SSSR count). The summed E-state index contributed by atoms with van der Waals surface area (Å²) in [5.41, 5.74) is 1.21. The largest absolute Gasteiger partial charge is 0.299 e. The van der Waals surface area contributed by atoms with E-state index in [4.69, 9.17) is 0 Å². The number of hydrogen-bond donors (Lipinski definition) is 0. The lowest BCUT2D eigenvalue weighted by Crippen LogP contribution is -2.29. The van der Waals surface area contributed by atoms with Crippen molar-refractivity contribution in [3.05, 3.63) is 11.6 Å². The molecule has 3 unspecified atom stereocenters. The Kier molecular flexibility index (Phi) is 7.01. The van der Waals surface area contributed by atoms with Gasteiger partial charge in [0.15, 0.2) is 0 Å². The van der Waals surface area contributed by atoms with Crippen LogP contribution in [0.5, 0.6) is 0 Å². The van der Waals surface area contributed by atoms with Crippen LogP contribution in [0.25, 0.3) is 0 Å². The lowest BCUT2D eigenvalue weighted by Gasteiger charge is -2.17. The molecule has 0 amide bonds. The summed E-state index contributed by atoms with van der Waals surface area (Å²) in [7, 11) is 0. The zero-order valence-electron chi connectivity index (χ0n) is 12.0. The quantitative estimate of drug-likeness (QED) is 0.499. The van der Waals surface area contributed by atoms with Crippen LogP contribution in [0.1, 0.15) is 54.4 Å². The van der Waals surface area contributed by atoms with Crippen LogP contribution in [0.3, 0.4) is 0 Å². The number of allylic oxidation sites excluding steroid dienone is 2. The molecule has 0 aromatic carbocycles. The fraction of sp³-hybridized carbons (Fsp3) is 0.733. The summed E-state index contributed by atoms with van der Waals surface area (Å²) >= 11 is 0. The van der Waals surface area contributed by atoms with E-state index in [-0.39, 0.29) is 23.4 Å². The average molecular weight is 238 g/mol. The molecular weight excluding hydrogens is 212 g/mol. The molecule has 0 saturated carbocycles. The lowest BCUT2D eigenvalue weighted by atomic mass is 9.85. The lowest BCUT2D eigenvalue weighted by molar-refractivity contribution is -0.136. The fourth-order valence-corrected chi connectivity index (χ4v) is 1.72. The van der Waals surface area contributed by atoms with Gasteiger partial charge in [-0.3, -0.25) is 9.59 Å². The second kappa shape index (κ2) is 7.41. The second-order valence-corrected chi connectivity index (χ2v) is 5.25. The molecule has 0 spiro atoms. The molecular formula is C15H26O2. The van der Waals surface area contributed by atoms with Crippen molar-refractivity contribution in [2.24, 2.45) is 17.8 Å². The summed E-state index contributed by atoms with van der Waals surface area (Å²) in [5.74, 6) is -0.364. The van der Waals surface area contributed by atoms with E-state index >= 15 is 0 Å². The molecule has 3 atom stereocenters. The van der Waals surface area contributed by atoms with Gasteiger partial charge in [0.2, 0.25) is 0 Å². The number of hydrogen-bond acceptors (Lipinski definition) is 2. The van der Waals surface area contributed by atoms with Gasteiger partial charge in [-0.25, -0.2) is 0 Å². The minimum Gasteiger partial charge on any atom is -0.299 e. The zero-order chi connectivity index (χ0) is 13.6. The minimum atomic E-state index is -0.453. The van der Waals surface area contributed by atoms with Crippen LogP contribution in [-0.4, -0.2) is 11.6 Å². The van der Waals surface area contributed by atoms with Gasteiger partial charge in [-0.1, -0.05) is 32.4 Å². The molecule has 2 heteroatoms. The maximum atomic E-state index is 12.1. The van der Waals surface area contributed by atoms with Crippen molar-refractivity contribution in [1.29, 1.82) is 0 Å². The SMILES string of the molecule is CCC(C)C(=O)C(C)C(=O)C(C)CC=C(C)C. The van der Waals surface area contributed by atoms with Crippen LogP contribution in [0.2, 0.25) is 0 Å². The van der Waals surface area contributed by atoms with Gasteiger partial charge in [-0.15, -0.1) is 0 Å². The number of ketones is 2. The first-order valence-electron chi connectivity index (χ1n) is 6.52. The Balaban J connectivity index is 4.49. The van der Waals surface area contributed by atoms with Gasteiger partial charge in [0.05, 0.1) is 5.92 Å². The molecule has 0 saturated heterocycles. The van der Waals surface area contributed by atoms with Crippen LogP contribution in [0.15, 0.2) is 11.6 Å². The highest BCUT2D eigenvalue weighted by molar-refractivity contribution is 6.03. The van der Waals surface area contributed by atoms with Gasteiger partial charge in [0, 0.05) is 11.8 Å². The summed E-state index contributed by atoms with van der Waals surface area (Å²) in [6, 6.07) is 0. The van der Waals surface area contributed by atoms with Crippen molar-refractivity contribution < 1.29 is 9.59 Å². The Morgan fingerprint density at radius 1 is 1.00 bits per heavy atom. The maximum absolute atomic E-state index is 12.1. The van der Waals surface area contributed by atoms with E-state index in [1.807, 2.05) is 34.6 Å². The van der Waals surface area contributed by atoms with Crippen molar-refractivity contribution >= 4 is 11.6 Å². The highest BCUT2D eigenvalue weighted by Gasteiger charge is 2.27. The van der Waals surface area contributed by atoms with Gasteiger partial charge in [-0.2, -0.15) is 0 Å². The molecule has 17 heavy (non-hydrogen) atoms. The molecule has 0 aliphatic rings. The first-order chi connectivity index (χ1) is 7.81. The van der Waals surface area contributed by atoms with Crippen molar-refractivity contribution in [2.75, 3.05) is 0 Å². The monoisotopic (exact) mass is 238 g/mol. The van der Waals surface area contributed by atoms with E-state index in [0.29, 0.717) is 0 Å². The average Bonchev–Trinajstić information content (AvgIpc) is 2.31. The van der Waals surface area contributed by atoms with Gasteiger partial charge in [-0.05, 0) is 33.6 Å². The van der Waals surface area contributed by atoms with Crippen molar-refractivity contribution in [2.45, 2.75) is 54.4 Å². The molecule has 98 valence electrons. The first-order valence-corrected chi connectivity index (χ1v) is 6.52. The molecule has 0 aromatic heterocycles. The van der Waals surface area contributed by atoms with Gasteiger partial charge in [0.25, 0.3) is 0 Å². The number of carbonyl (C=O) groups excluding carboxylic acids is 2. The zero-order valence-corrected chi connectivity index (χ0v) is 12.0. The first kappa shape index (κ1) is 16.1. The number of Topliss-reactive ketones (excluding diaryl/α,β-unsaturated/α-hetero) is 2. The van der Waals surface area contributed by atoms with Crippen molar-refractivity contribution in [3.63, 3.8) is 0 Å². The van der Waals surface area contributed by atoms with E-state index in [9.17, 15) is 9.59 Å². The highest BCUT2D eigenvalue weighted by atomic mass is 16.2. The molecule has 0 radical (unpaired) electrons. The smallest absolute Gasteiger partial charge is 0.146 e. The standard InChI is InChI=1S/C15H26O2/c1-7-11(4)14(16)13(6)15(17)12(5)9-8-10(2)3/h8,11-13H,7,9H2,1-6H3. The van der Waals surface area contributed by atoms with Crippen LogP contribution < -0.4 is 0 Å². The van der Waals surface area contributed by atoms with Gasteiger partial charge < -0.3 is 0 Å². The summed E-state index contributed by atoms with van der Waals surface area (Å²) in [4.78, 5) is 24.0. The molecule has 0 fully saturated rings. The normalized spacial score (nSPS) is 15.9. The Hall–Kier alpha value is -0.920. The van der Waals surface area contributed by atoms with Crippen molar-refractivity contribution in [1.82, 2.24) is 0 Å². The third kappa shape index (κ3) is 5.29.